The molecule has 0 saturated carbocycles. The van der Waals surface area contributed by atoms with Crippen LogP contribution in [0.15, 0.2) is 48.5 Å². The van der Waals surface area contributed by atoms with Crippen LogP contribution >= 0.6 is 18.7 Å². The Bertz CT molecular complexity index is 789. The highest BCUT2D eigenvalue weighted by Gasteiger charge is 2.36. The van der Waals surface area contributed by atoms with Crippen molar-refractivity contribution in [3.8, 4) is 5.75 Å². The van der Waals surface area contributed by atoms with Gasteiger partial charge in [0.15, 0.2) is 7.14 Å². The highest BCUT2D eigenvalue weighted by molar-refractivity contribution is 7.87. The van der Waals surface area contributed by atoms with E-state index in [9.17, 15) is 9.36 Å². The van der Waals surface area contributed by atoms with Crippen LogP contribution in [0.5, 0.6) is 5.75 Å². The molecule has 0 aliphatic carbocycles. The summed E-state index contributed by atoms with van der Waals surface area (Å²) in [5.41, 5.74) is -0.190. The van der Waals surface area contributed by atoms with Gasteiger partial charge in [-0.2, -0.15) is 0 Å². The molecule has 0 aromatic heterocycles. The van der Waals surface area contributed by atoms with Crippen molar-refractivity contribution in [2.45, 2.75) is 45.4 Å². The van der Waals surface area contributed by atoms with Crippen LogP contribution in [0.3, 0.4) is 0 Å². The monoisotopic (exact) mass is 406 g/mol. The highest BCUT2D eigenvalue weighted by atomic mass is 35.5. The Hall–Kier alpha value is -1.57. The van der Waals surface area contributed by atoms with E-state index in [1.165, 1.54) is 26.4 Å². The van der Waals surface area contributed by atoms with Crippen LogP contribution in [0, 0.1) is 0 Å². The van der Waals surface area contributed by atoms with Crippen LogP contribution < -0.4 is 10.0 Å². The van der Waals surface area contributed by atoms with Gasteiger partial charge in [-0.05, 0) is 18.6 Å². The number of halogens is 1. The van der Waals surface area contributed by atoms with Crippen molar-refractivity contribution >= 4 is 29.6 Å². The minimum atomic E-state index is -3.31. The molecule has 0 aliphatic rings. The van der Waals surface area contributed by atoms with Crippen LogP contribution in [-0.2, 0) is 4.57 Å². The first kappa shape index (κ1) is 21.7. The number of methoxy groups -OCH3 is 1. The molecule has 2 aromatic carbocycles. The van der Waals surface area contributed by atoms with Crippen LogP contribution in [0.4, 0.5) is 0 Å². The SMILES string of the molecule is CCCCCCCCP(=O)(C(=O)c1c(Cl)cccc1OC)c1ccccc1. The van der Waals surface area contributed by atoms with Gasteiger partial charge < -0.3 is 9.30 Å². The second-order valence-corrected chi connectivity index (χ2v) is 9.95. The van der Waals surface area contributed by atoms with Gasteiger partial charge in [0, 0.05) is 11.5 Å². The number of benzene rings is 2. The van der Waals surface area contributed by atoms with Crippen LogP contribution in [0.2, 0.25) is 5.02 Å². The molecule has 0 heterocycles. The Morgan fingerprint density at radius 2 is 1.63 bits per heavy atom. The lowest BCUT2D eigenvalue weighted by atomic mass is 10.1. The van der Waals surface area contributed by atoms with Crippen molar-refractivity contribution in [2.75, 3.05) is 13.3 Å². The summed E-state index contributed by atoms with van der Waals surface area (Å²) >= 11 is 6.29. The Balaban J connectivity index is 2.31. The Morgan fingerprint density at radius 3 is 2.30 bits per heavy atom. The first-order valence-electron chi connectivity index (χ1n) is 9.56. The molecule has 0 aliphatic heterocycles. The zero-order valence-electron chi connectivity index (χ0n) is 16.1. The molecule has 5 heteroatoms. The second-order valence-electron chi connectivity index (χ2n) is 6.69. The number of ether oxygens (including phenoxy) is 1. The third kappa shape index (κ3) is 5.46. The summed E-state index contributed by atoms with van der Waals surface area (Å²) in [4.78, 5) is 13.4. The summed E-state index contributed by atoms with van der Waals surface area (Å²) in [6.07, 6.45) is 6.78. The molecule has 2 rings (SSSR count). The van der Waals surface area contributed by atoms with Gasteiger partial charge in [0.1, 0.15) is 5.75 Å². The second kappa shape index (κ2) is 10.7. The lowest BCUT2D eigenvalue weighted by Crippen LogP contribution is -2.17. The number of rotatable bonds is 11. The largest absolute Gasteiger partial charge is 0.496 e. The van der Waals surface area contributed by atoms with E-state index in [0.29, 0.717) is 17.2 Å². The maximum atomic E-state index is 14.0. The molecule has 0 fully saturated rings. The van der Waals surface area contributed by atoms with Gasteiger partial charge in [0.05, 0.1) is 17.7 Å². The zero-order chi connectivity index (χ0) is 19.7. The van der Waals surface area contributed by atoms with E-state index in [-0.39, 0.29) is 10.6 Å². The average molecular weight is 407 g/mol. The van der Waals surface area contributed by atoms with Gasteiger partial charge in [-0.1, -0.05) is 87.0 Å². The van der Waals surface area contributed by atoms with Gasteiger partial charge in [-0.25, -0.2) is 0 Å². The van der Waals surface area contributed by atoms with E-state index in [2.05, 4.69) is 6.92 Å². The summed E-state index contributed by atoms with van der Waals surface area (Å²) in [6, 6.07) is 14.1. The van der Waals surface area contributed by atoms with Crippen LogP contribution in [-0.4, -0.2) is 18.8 Å². The molecule has 27 heavy (non-hydrogen) atoms. The number of carbonyl (C=O) groups is 1. The minimum absolute atomic E-state index is 0.222. The Labute approximate surface area is 167 Å². The summed E-state index contributed by atoms with van der Waals surface area (Å²) in [5, 5.41) is 0.865. The fourth-order valence-electron chi connectivity index (χ4n) is 3.19. The number of unbranched alkanes of at least 4 members (excludes halogenated alkanes) is 5. The predicted molar refractivity (Wildman–Crippen MR) is 114 cm³/mol. The van der Waals surface area contributed by atoms with Gasteiger partial charge in [0.25, 0.3) is 0 Å². The average Bonchev–Trinajstić information content (AvgIpc) is 2.70. The topological polar surface area (TPSA) is 43.4 Å². The lowest BCUT2D eigenvalue weighted by molar-refractivity contribution is 0.107. The van der Waals surface area contributed by atoms with E-state index in [1.807, 2.05) is 18.2 Å². The fraction of sp³-hybridized carbons (Fsp3) is 0.409. The van der Waals surface area contributed by atoms with Crippen molar-refractivity contribution in [2.24, 2.45) is 0 Å². The number of hydrogen-bond acceptors (Lipinski definition) is 3. The van der Waals surface area contributed by atoms with E-state index in [0.717, 1.165) is 19.3 Å². The highest BCUT2D eigenvalue weighted by Crippen LogP contribution is 2.51. The predicted octanol–water partition coefficient (Wildman–Crippen LogP) is 6.54. The molecule has 0 radical (unpaired) electrons. The summed E-state index contributed by atoms with van der Waals surface area (Å²) in [5.74, 6) is 0.367. The van der Waals surface area contributed by atoms with Crippen molar-refractivity contribution in [3.05, 3.63) is 59.1 Å². The molecule has 0 spiro atoms. The molecule has 2 aromatic rings. The smallest absolute Gasteiger partial charge is 0.230 e. The zero-order valence-corrected chi connectivity index (χ0v) is 17.8. The molecule has 146 valence electrons. The van der Waals surface area contributed by atoms with Crippen molar-refractivity contribution in [3.63, 3.8) is 0 Å². The van der Waals surface area contributed by atoms with Gasteiger partial charge in [0.2, 0.25) is 5.52 Å². The van der Waals surface area contributed by atoms with E-state index in [1.54, 1.807) is 30.3 Å². The Morgan fingerprint density at radius 1 is 0.963 bits per heavy atom. The van der Waals surface area contributed by atoms with Gasteiger partial charge >= 0.3 is 0 Å². The third-order valence-corrected chi connectivity index (χ3v) is 8.01. The molecule has 1 unspecified atom stereocenters. The number of hydrogen-bond donors (Lipinski definition) is 0. The van der Waals surface area contributed by atoms with E-state index < -0.39 is 12.7 Å². The normalized spacial score (nSPS) is 13.1. The molecule has 3 nitrogen and oxygen atoms in total. The van der Waals surface area contributed by atoms with Gasteiger partial charge in [-0.3, -0.25) is 4.79 Å². The molecule has 0 amide bonds. The van der Waals surface area contributed by atoms with Crippen LogP contribution in [0.25, 0.3) is 0 Å². The molecule has 1 atom stereocenters. The van der Waals surface area contributed by atoms with Crippen molar-refractivity contribution in [1.82, 2.24) is 0 Å². The quantitative estimate of drug-likeness (QED) is 0.314. The van der Waals surface area contributed by atoms with Crippen molar-refractivity contribution < 1.29 is 14.1 Å². The summed E-state index contributed by atoms with van der Waals surface area (Å²) < 4.78 is 19.3. The third-order valence-electron chi connectivity index (χ3n) is 4.74. The maximum Gasteiger partial charge on any atom is 0.230 e. The molecule has 0 saturated heterocycles. The molecular formula is C22H28ClO3P. The lowest BCUT2D eigenvalue weighted by Gasteiger charge is -2.19. The van der Waals surface area contributed by atoms with Crippen molar-refractivity contribution in [1.29, 1.82) is 0 Å². The first-order chi connectivity index (χ1) is 13.0. The fourth-order valence-corrected chi connectivity index (χ4v) is 6.12. The number of carbonyl (C=O) groups excluding carboxylic acids is 1. The van der Waals surface area contributed by atoms with Gasteiger partial charge in [-0.15, -0.1) is 0 Å². The first-order valence-corrected chi connectivity index (χ1v) is 11.8. The Kier molecular flexibility index (Phi) is 8.60. The summed E-state index contributed by atoms with van der Waals surface area (Å²) in [7, 11) is -1.82. The molecule has 0 N–H and O–H groups in total. The molecular weight excluding hydrogens is 379 g/mol. The van der Waals surface area contributed by atoms with Crippen LogP contribution in [0.1, 0.15) is 55.8 Å². The maximum absolute atomic E-state index is 14.0. The summed E-state index contributed by atoms with van der Waals surface area (Å²) in [6.45, 7) is 2.18. The standard InChI is InChI=1S/C22H28ClO3P/c1-3-4-5-6-7-11-17-27(25,18-13-9-8-10-14-18)22(24)21-19(23)15-12-16-20(21)26-2/h8-10,12-16H,3-7,11,17H2,1-2H3. The minimum Gasteiger partial charge on any atom is -0.496 e. The van der Waals surface area contributed by atoms with E-state index in [4.69, 9.17) is 16.3 Å². The molecule has 0 bridgehead atoms. The van der Waals surface area contributed by atoms with E-state index >= 15 is 0 Å².